The average Bonchev–Trinajstić information content (AvgIpc) is 2.68. The van der Waals surface area contributed by atoms with Gasteiger partial charge in [0.25, 0.3) is 5.56 Å². The highest BCUT2D eigenvalue weighted by atomic mass is 16.5. The lowest BCUT2D eigenvalue weighted by atomic mass is 9.97. The molecule has 0 radical (unpaired) electrons. The molecule has 9 nitrogen and oxygen atoms in total. The first-order chi connectivity index (χ1) is 12.9. The average molecular weight is 368 g/mol. The molecular formula is C18H16N4O5. The second kappa shape index (κ2) is 6.49. The minimum Gasteiger partial charge on any atom is -0.493 e. The van der Waals surface area contributed by atoms with Crippen LogP contribution in [0.1, 0.15) is 5.56 Å². The van der Waals surface area contributed by atoms with Crippen LogP contribution in [0, 0.1) is 16.7 Å². The van der Waals surface area contributed by atoms with Crippen molar-refractivity contribution in [3.8, 4) is 28.7 Å². The van der Waals surface area contributed by atoms with Crippen LogP contribution in [0.5, 0.6) is 11.5 Å². The summed E-state index contributed by atoms with van der Waals surface area (Å²) in [7, 11) is 5.64. The van der Waals surface area contributed by atoms with Gasteiger partial charge in [-0.05, 0) is 6.07 Å². The predicted molar refractivity (Wildman–Crippen MR) is 95.8 cm³/mol. The number of nitrogens with zero attached hydrogens (tertiary/aromatic N) is 3. The second-order valence-corrected chi connectivity index (χ2v) is 5.72. The van der Waals surface area contributed by atoms with Gasteiger partial charge in [-0.2, -0.15) is 5.26 Å². The van der Waals surface area contributed by atoms with Crippen LogP contribution < -0.4 is 26.3 Å². The number of benzene rings is 1. The van der Waals surface area contributed by atoms with Crippen molar-refractivity contribution in [3.63, 3.8) is 0 Å². The largest absolute Gasteiger partial charge is 0.493 e. The van der Waals surface area contributed by atoms with E-state index < -0.39 is 16.8 Å². The number of fused-ring (bicyclic) bond motifs is 1. The zero-order valence-electron chi connectivity index (χ0n) is 15.1. The molecule has 0 aliphatic rings. The molecule has 0 saturated carbocycles. The number of nitriles is 1. The zero-order valence-corrected chi connectivity index (χ0v) is 15.1. The van der Waals surface area contributed by atoms with E-state index in [-0.39, 0.29) is 22.2 Å². The van der Waals surface area contributed by atoms with Crippen molar-refractivity contribution >= 4 is 11.1 Å². The maximum absolute atomic E-state index is 12.9. The van der Waals surface area contributed by atoms with E-state index in [9.17, 15) is 14.9 Å². The van der Waals surface area contributed by atoms with E-state index in [2.05, 4.69) is 0 Å². The van der Waals surface area contributed by atoms with Gasteiger partial charge in [-0.1, -0.05) is 12.1 Å². The monoisotopic (exact) mass is 368 g/mol. The Morgan fingerprint density at radius 3 is 2.44 bits per heavy atom. The first-order valence-corrected chi connectivity index (χ1v) is 7.80. The van der Waals surface area contributed by atoms with Crippen LogP contribution in [0.3, 0.4) is 0 Å². The highest BCUT2D eigenvalue weighted by Crippen LogP contribution is 2.40. The number of hydrogen-bond donors (Lipinski definition) is 1. The number of para-hydroxylation sites is 1. The molecule has 0 atom stereocenters. The topological polar surface area (TPSA) is 123 Å². The Morgan fingerprint density at radius 2 is 1.85 bits per heavy atom. The van der Waals surface area contributed by atoms with Crippen LogP contribution >= 0.6 is 0 Å². The van der Waals surface area contributed by atoms with E-state index in [1.165, 1.54) is 28.3 Å². The normalized spacial score (nSPS) is 10.6. The Labute approximate surface area is 152 Å². The number of hydrogen-bond acceptors (Lipinski definition) is 7. The van der Waals surface area contributed by atoms with Gasteiger partial charge < -0.3 is 13.9 Å². The molecule has 2 heterocycles. The summed E-state index contributed by atoms with van der Waals surface area (Å²) in [6.07, 6.45) is 0. The zero-order chi connectivity index (χ0) is 19.9. The van der Waals surface area contributed by atoms with Crippen molar-refractivity contribution in [1.29, 1.82) is 10.7 Å². The summed E-state index contributed by atoms with van der Waals surface area (Å²) < 4.78 is 18.1. The lowest BCUT2D eigenvalue weighted by molar-refractivity contribution is 0.356. The van der Waals surface area contributed by atoms with Gasteiger partial charge in [-0.25, -0.2) is 4.79 Å². The molecule has 0 spiro atoms. The molecular weight excluding hydrogens is 352 g/mol. The van der Waals surface area contributed by atoms with E-state index in [4.69, 9.17) is 19.3 Å². The maximum atomic E-state index is 12.9. The van der Waals surface area contributed by atoms with Crippen molar-refractivity contribution in [2.45, 2.75) is 0 Å². The minimum atomic E-state index is -0.645. The van der Waals surface area contributed by atoms with Crippen LogP contribution in [-0.2, 0) is 14.1 Å². The highest BCUT2D eigenvalue weighted by Gasteiger charge is 2.24. The van der Waals surface area contributed by atoms with Crippen molar-refractivity contribution in [2.24, 2.45) is 14.1 Å². The Hall–Kier alpha value is -3.80. The minimum absolute atomic E-state index is 0.00120. The van der Waals surface area contributed by atoms with Gasteiger partial charge in [0.2, 0.25) is 11.3 Å². The van der Waals surface area contributed by atoms with Gasteiger partial charge >= 0.3 is 5.69 Å². The highest BCUT2D eigenvalue weighted by molar-refractivity contribution is 5.96. The van der Waals surface area contributed by atoms with Gasteiger partial charge in [-0.15, -0.1) is 0 Å². The number of methoxy groups -OCH3 is 2. The van der Waals surface area contributed by atoms with Crippen LogP contribution in [0.4, 0.5) is 0 Å². The smallest absolute Gasteiger partial charge is 0.333 e. The molecule has 27 heavy (non-hydrogen) atoms. The molecule has 0 amide bonds. The number of aryl methyl sites for hydroxylation is 1. The van der Waals surface area contributed by atoms with Crippen LogP contribution in [0.2, 0.25) is 0 Å². The molecule has 2 aromatic heterocycles. The molecule has 0 aliphatic carbocycles. The van der Waals surface area contributed by atoms with Crippen LogP contribution in [0.15, 0.2) is 32.2 Å². The number of ether oxygens (including phenoxy) is 2. The number of aromatic nitrogens is 2. The fraction of sp³-hybridized carbons (Fsp3) is 0.222. The van der Waals surface area contributed by atoms with Crippen molar-refractivity contribution in [2.75, 3.05) is 14.2 Å². The molecule has 1 aromatic carbocycles. The quantitative estimate of drug-likeness (QED) is 0.731. The van der Waals surface area contributed by atoms with Crippen LogP contribution in [0.25, 0.3) is 22.2 Å². The number of rotatable bonds is 3. The Balaban J connectivity index is 2.70. The van der Waals surface area contributed by atoms with E-state index in [1.54, 1.807) is 18.2 Å². The second-order valence-electron chi connectivity index (χ2n) is 5.72. The van der Waals surface area contributed by atoms with Crippen LogP contribution in [-0.4, -0.2) is 23.4 Å². The predicted octanol–water partition coefficient (Wildman–Crippen LogP) is 0.866. The molecule has 0 unspecified atom stereocenters. The lowest BCUT2D eigenvalue weighted by Crippen LogP contribution is -2.37. The molecule has 0 saturated heterocycles. The van der Waals surface area contributed by atoms with E-state index in [1.807, 2.05) is 6.07 Å². The fourth-order valence-electron chi connectivity index (χ4n) is 3.01. The fourth-order valence-corrected chi connectivity index (χ4v) is 3.01. The molecule has 9 heteroatoms. The summed E-state index contributed by atoms with van der Waals surface area (Å²) in [5.41, 5.74) is -1.45. The molecule has 3 rings (SSSR count). The standard InChI is InChI=1S/C18H16N4O5/c1-21-16(23)13-12(9-6-5-7-11(25-3)14(9)26-4)10(8-19)15(20)27-17(13)22(2)18(21)24/h5-7,20H,1-4H3. The number of nitrogens with one attached hydrogen (secondary N) is 1. The summed E-state index contributed by atoms with van der Waals surface area (Å²) in [6.45, 7) is 0. The summed E-state index contributed by atoms with van der Waals surface area (Å²) in [4.78, 5) is 25.1. The summed E-state index contributed by atoms with van der Waals surface area (Å²) in [5, 5.41) is 17.7. The van der Waals surface area contributed by atoms with Gasteiger partial charge in [0.05, 0.1) is 14.2 Å². The summed E-state index contributed by atoms with van der Waals surface area (Å²) >= 11 is 0. The van der Waals surface area contributed by atoms with Crippen molar-refractivity contribution in [3.05, 3.63) is 50.2 Å². The third-order valence-corrected chi connectivity index (χ3v) is 4.32. The van der Waals surface area contributed by atoms with E-state index in [0.29, 0.717) is 17.1 Å². The molecule has 0 aliphatic heterocycles. The van der Waals surface area contributed by atoms with E-state index in [0.717, 1.165) is 9.13 Å². The molecule has 0 fully saturated rings. The van der Waals surface area contributed by atoms with Gasteiger partial charge in [-0.3, -0.25) is 19.3 Å². The molecule has 1 N–H and O–H groups in total. The first-order valence-electron chi connectivity index (χ1n) is 7.80. The third kappa shape index (κ3) is 2.50. The van der Waals surface area contributed by atoms with Gasteiger partial charge in [0.1, 0.15) is 17.0 Å². The third-order valence-electron chi connectivity index (χ3n) is 4.32. The Bertz CT molecular complexity index is 1290. The summed E-state index contributed by atoms with van der Waals surface area (Å²) in [6, 6.07) is 6.89. The molecule has 0 bridgehead atoms. The summed E-state index contributed by atoms with van der Waals surface area (Å²) in [5.74, 6) is 0.681. The maximum Gasteiger partial charge on any atom is 0.333 e. The lowest BCUT2D eigenvalue weighted by Gasteiger charge is -2.16. The van der Waals surface area contributed by atoms with Gasteiger partial charge in [0, 0.05) is 25.2 Å². The van der Waals surface area contributed by atoms with Crippen molar-refractivity contribution < 1.29 is 13.9 Å². The molecule has 138 valence electrons. The van der Waals surface area contributed by atoms with Crippen molar-refractivity contribution in [1.82, 2.24) is 9.13 Å². The Kier molecular flexibility index (Phi) is 4.33. The van der Waals surface area contributed by atoms with Gasteiger partial charge in [0.15, 0.2) is 11.5 Å². The Morgan fingerprint density at radius 1 is 1.15 bits per heavy atom. The van der Waals surface area contributed by atoms with E-state index >= 15 is 0 Å². The first kappa shape index (κ1) is 18.0. The SMILES string of the molecule is COc1cccc(-c2c(C#N)c(=N)oc3c2c(=O)n(C)c(=O)n3C)c1OC. The molecule has 3 aromatic rings.